The highest BCUT2D eigenvalue weighted by molar-refractivity contribution is 9.10. The van der Waals surface area contributed by atoms with Gasteiger partial charge in [0.05, 0.1) is 34.1 Å². The highest BCUT2D eigenvalue weighted by Crippen LogP contribution is 2.38. The highest BCUT2D eigenvalue weighted by atomic mass is 79.9. The Balaban J connectivity index is 1.42. The number of halogens is 2. The van der Waals surface area contributed by atoms with E-state index in [1.165, 1.54) is 0 Å². The summed E-state index contributed by atoms with van der Waals surface area (Å²) in [4.78, 5) is 4.59. The van der Waals surface area contributed by atoms with E-state index in [-0.39, 0.29) is 11.4 Å². The predicted octanol–water partition coefficient (Wildman–Crippen LogP) is 7.03. The van der Waals surface area contributed by atoms with Gasteiger partial charge in [-0.1, -0.05) is 60.5 Å². The van der Waals surface area contributed by atoms with E-state index in [0.717, 1.165) is 37.4 Å². The fourth-order valence-corrected chi connectivity index (χ4v) is 5.77. The summed E-state index contributed by atoms with van der Waals surface area (Å²) in [5.41, 5.74) is 14.0. The number of hydrogen-bond donors (Lipinski definition) is 1. The van der Waals surface area contributed by atoms with Gasteiger partial charge in [0.15, 0.2) is 0 Å². The molecule has 4 heterocycles. The third-order valence-corrected chi connectivity index (χ3v) is 8.64. The number of hydrogen-bond acceptors (Lipinski definition) is 8. The third-order valence-electron chi connectivity index (χ3n) is 7.58. The van der Waals surface area contributed by atoms with Gasteiger partial charge in [-0.3, -0.25) is 0 Å². The van der Waals surface area contributed by atoms with Crippen molar-refractivity contribution in [2.75, 3.05) is 5.73 Å². The lowest BCUT2D eigenvalue weighted by atomic mass is 9.98. The Bertz CT molecular complexity index is 2260. The number of para-hydroxylation sites is 1. The largest absolute Gasteiger partial charge is 0.383 e. The smallest absolute Gasteiger partial charge is 0.142 e. The first-order valence-corrected chi connectivity index (χ1v) is 15.6. The number of pyridine rings is 1. The van der Waals surface area contributed by atoms with Crippen LogP contribution < -0.4 is 5.73 Å². The third kappa shape index (κ3) is 5.17. The lowest BCUT2D eigenvalue weighted by molar-refractivity contribution is 0.785. The van der Waals surface area contributed by atoms with Crippen LogP contribution in [0.4, 0.5) is 5.82 Å². The standard InChI is InChI=1S/C33H23Br2N11/c1-19-30(39-42-45(19)24-12-8-21(34)9-13-24)29-16-26(27(17-36)33(37)38-29)28-18-44(23-6-4-3-5-7-23)41-32(28)31-20(2)46(43-40-31)25-14-10-22(35)11-15-25/h3-16,18H,1-2H3,(H2,37,38). The van der Waals surface area contributed by atoms with Gasteiger partial charge in [-0.15, -0.1) is 10.2 Å². The van der Waals surface area contributed by atoms with Crippen LogP contribution in [0.25, 0.3) is 51.0 Å². The van der Waals surface area contributed by atoms with Crippen LogP contribution in [0, 0.1) is 25.2 Å². The number of nitriles is 1. The average molecular weight is 733 g/mol. The van der Waals surface area contributed by atoms with Crippen LogP contribution >= 0.6 is 31.9 Å². The molecular formula is C33H23Br2N11. The number of nitrogen functional groups attached to an aromatic ring is 1. The molecule has 0 saturated heterocycles. The number of rotatable bonds is 6. The summed E-state index contributed by atoms with van der Waals surface area (Å²) in [6.07, 6.45) is 1.87. The van der Waals surface area contributed by atoms with E-state index >= 15 is 0 Å². The van der Waals surface area contributed by atoms with Gasteiger partial charge in [0.25, 0.3) is 0 Å². The van der Waals surface area contributed by atoms with E-state index in [1.54, 1.807) is 14.0 Å². The highest BCUT2D eigenvalue weighted by Gasteiger charge is 2.25. The van der Waals surface area contributed by atoms with Gasteiger partial charge in [0.1, 0.15) is 34.5 Å². The molecule has 0 aliphatic carbocycles. The number of nitrogens with zero attached hydrogens (tertiary/aromatic N) is 10. The van der Waals surface area contributed by atoms with Crippen molar-refractivity contribution in [3.63, 3.8) is 0 Å². The minimum absolute atomic E-state index is 0.0706. The van der Waals surface area contributed by atoms with E-state index in [1.807, 2.05) is 105 Å². The van der Waals surface area contributed by atoms with Crippen LogP contribution in [0.1, 0.15) is 17.0 Å². The Kier molecular flexibility index (Phi) is 7.51. The molecule has 224 valence electrons. The van der Waals surface area contributed by atoms with Crippen molar-refractivity contribution in [2.45, 2.75) is 13.8 Å². The minimum atomic E-state index is 0.0706. The second kappa shape index (κ2) is 11.8. The fraction of sp³-hybridized carbons (Fsp3) is 0.0606. The molecule has 0 bridgehead atoms. The van der Waals surface area contributed by atoms with E-state index in [9.17, 15) is 5.26 Å². The lowest BCUT2D eigenvalue weighted by Gasteiger charge is -2.10. The summed E-state index contributed by atoms with van der Waals surface area (Å²) in [5, 5.41) is 33.1. The summed E-state index contributed by atoms with van der Waals surface area (Å²) in [6.45, 7) is 3.85. The first-order valence-electron chi connectivity index (χ1n) is 14.1. The second-order valence-corrected chi connectivity index (χ2v) is 12.3. The van der Waals surface area contributed by atoms with Crippen molar-refractivity contribution in [1.82, 2.24) is 44.8 Å². The van der Waals surface area contributed by atoms with Crippen LogP contribution in [0.15, 0.2) is 100 Å². The summed E-state index contributed by atoms with van der Waals surface area (Å²) in [6, 6.07) is 29.3. The molecule has 13 heteroatoms. The van der Waals surface area contributed by atoms with Gasteiger partial charge in [-0.05, 0) is 80.6 Å². The Morgan fingerprint density at radius 3 is 1.85 bits per heavy atom. The molecule has 0 amide bonds. The number of benzene rings is 3. The Labute approximate surface area is 280 Å². The molecule has 2 N–H and O–H groups in total. The monoisotopic (exact) mass is 731 g/mol. The fourth-order valence-electron chi connectivity index (χ4n) is 5.24. The zero-order valence-electron chi connectivity index (χ0n) is 24.5. The van der Waals surface area contributed by atoms with Crippen LogP contribution in [0.5, 0.6) is 0 Å². The van der Waals surface area contributed by atoms with Crippen LogP contribution in [-0.4, -0.2) is 44.8 Å². The molecule has 46 heavy (non-hydrogen) atoms. The molecule has 4 aromatic heterocycles. The van der Waals surface area contributed by atoms with Crippen LogP contribution in [-0.2, 0) is 0 Å². The zero-order chi connectivity index (χ0) is 31.9. The zero-order valence-corrected chi connectivity index (χ0v) is 27.6. The molecule has 11 nitrogen and oxygen atoms in total. The molecule has 7 aromatic rings. The number of aromatic nitrogens is 9. The SMILES string of the molecule is Cc1c(-c2cc(-c3cn(-c4ccccc4)nc3-c3nnn(-c4ccc(Br)cc4)c3C)c(C#N)c(N)n2)nnn1-c1ccc(Br)cc1. The van der Waals surface area contributed by atoms with E-state index < -0.39 is 0 Å². The molecule has 7 rings (SSSR count). The van der Waals surface area contributed by atoms with Gasteiger partial charge >= 0.3 is 0 Å². The van der Waals surface area contributed by atoms with Crippen molar-refractivity contribution < 1.29 is 0 Å². The topological polar surface area (TPSA) is 142 Å². The number of nitrogens with two attached hydrogens (primary N) is 1. The van der Waals surface area contributed by atoms with E-state index in [0.29, 0.717) is 33.9 Å². The van der Waals surface area contributed by atoms with Gasteiger partial charge in [-0.25, -0.2) is 19.0 Å². The molecular weight excluding hydrogens is 710 g/mol. The minimum Gasteiger partial charge on any atom is -0.383 e. The first kappa shape index (κ1) is 29.3. The lowest BCUT2D eigenvalue weighted by Crippen LogP contribution is -2.02. The van der Waals surface area contributed by atoms with Gasteiger partial charge in [0.2, 0.25) is 0 Å². The predicted molar refractivity (Wildman–Crippen MR) is 182 cm³/mol. The summed E-state index contributed by atoms with van der Waals surface area (Å²) in [5.74, 6) is 0.0706. The average Bonchev–Trinajstić information content (AvgIpc) is 3.78. The Hall–Kier alpha value is -5.45. The molecule has 0 fully saturated rings. The second-order valence-electron chi connectivity index (χ2n) is 10.4. The van der Waals surface area contributed by atoms with Crippen molar-refractivity contribution in [2.24, 2.45) is 0 Å². The summed E-state index contributed by atoms with van der Waals surface area (Å²) in [7, 11) is 0. The molecule has 0 saturated carbocycles. The quantitative estimate of drug-likeness (QED) is 0.192. The van der Waals surface area contributed by atoms with Crippen molar-refractivity contribution in [3.05, 3.63) is 117 Å². The molecule has 0 spiro atoms. The molecule has 0 aliphatic heterocycles. The van der Waals surface area contributed by atoms with Gasteiger partial charge in [0, 0.05) is 26.3 Å². The summed E-state index contributed by atoms with van der Waals surface area (Å²) >= 11 is 6.97. The normalized spacial score (nSPS) is 11.1. The van der Waals surface area contributed by atoms with E-state index in [2.05, 4.69) is 63.5 Å². The molecule has 0 atom stereocenters. The maximum atomic E-state index is 10.3. The first-order chi connectivity index (χ1) is 22.3. The molecule has 0 aliphatic rings. The molecule has 0 radical (unpaired) electrons. The van der Waals surface area contributed by atoms with Crippen molar-refractivity contribution in [3.8, 4) is 57.0 Å². The maximum Gasteiger partial charge on any atom is 0.142 e. The Morgan fingerprint density at radius 2 is 1.26 bits per heavy atom. The Morgan fingerprint density at radius 1 is 0.696 bits per heavy atom. The summed E-state index contributed by atoms with van der Waals surface area (Å²) < 4.78 is 7.17. The van der Waals surface area contributed by atoms with Crippen molar-refractivity contribution in [1.29, 1.82) is 5.26 Å². The van der Waals surface area contributed by atoms with Crippen LogP contribution in [0.2, 0.25) is 0 Å². The molecule has 0 unspecified atom stereocenters. The van der Waals surface area contributed by atoms with Crippen molar-refractivity contribution >= 4 is 37.7 Å². The van der Waals surface area contributed by atoms with E-state index in [4.69, 9.17) is 10.8 Å². The maximum absolute atomic E-state index is 10.3. The van der Waals surface area contributed by atoms with Crippen LogP contribution in [0.3, 0.4) is 0 Å². The van der Waals surface area contributed by atoms with Gasteiger partial charge < -0.3 is 5.73 Å². The van der Waals surface area contributed by atoms with Gasteiger partial charge in [-0.2, -0.15) is 10.4 Å². The number of anilines is 1. The molecule has 3 aromatic carbocycles.